The summed E-state index contributed by atoms with van der Waals surface area (Å²) in [4.78, 5) is 40.8. The molecule has 2 N–H and O–H groups in total. The van der Waals surface area contributed by atoms with E-state index in [1.54, 1.807) is 35.5 Å². The van der Waals surface area contributed by atoms with Crippen LogP contribution in [-0.4, -0.2) is 52.8 Å². The van der Waals surface area contributed by atoms with Gasteiger partial charge in [0.2, 0.25) is 0 Å². The third kappa shape index (κ3) is 4.25. The van der Waals surface area contributed by atoms with Crippen LogP contribution in [0.4, 0.5) is 11.4 Å². The van der Waals surface area contributed by atoms with Gasteiger partial charge in [-0.15, -0.1) is 0 Å². The summed E-state index contributed by atoms with van der Waals surface area (Å²) in [6, 6.07) is 7.64. The van der Waals surface area contributed by atoms with Gasteiger partial charge in [0.15, 0.2) is 0 Å². The fourth-order valence-corrected chi connectivity index (χ4v) is 3.22. The predicted octanol–water partition coefficient (Wildman–Crippen LogP) is 2.07. The summed E-state index contributed by atoms with van der Waals surface area (Å²) < 4.78 is 0. The van der Waals surface area contributed by atoms with Crippen LogP contribution in [0.15, 0.2) is 42.7 Å². The van der Waals surface area contributed by atoms with Crippen molar-refractivity contribution in [3.8, 4) is 0 Å². The number of piperidine rings is 1. The van der Waals surface area contributed by atoms with E-state index >= 15 is 0 Å². The average Bonchev–Trinajstić information content (AvgIpc) is 2.74. The quantitative estimate of drug-likeness (QED) is 0.603. The molecule has 1 saturated heterocycles. The van der Waals surface area contributed by atoms with Crippen LogP contribution in [0.25, 0.3) is 0 Å². The SMILES string of the molecule is CNC(=O)c1cc([N+](=O)[O-])ccc1NC1CCN(C(=O)c2ccncc2)CC1. The minimum atomic E-state index is -0.528. The lowest BCUT2D eigenvalue weighted by molar-refractivity contribution is -0.384. The van der Waals surface area contributed by atoms with Crippen molar-refractivity contribution in [1.82, 2.24) is 15.2 Å². The predicted molar refractivity (Wildman–Crippen MR) is 103 cm³/mol. The standard InChI is InChI=1S/C19H21N5O4/c1-20-18(25)16-12-15(24(27)28)2-3-17(16)22-14-6-10-23(11-7-14)19(26)13-4-8-21-9-5-13/h2-5,8-9,12,14,22H,6-7,10-11H2,1H3,(H,20,25). The van der Waals surface area contributed by atoms with E-state index < -0.39 is 10.8 Å². The monoisotopic (exact) mass is 383 g/mol. The summed E-state index contributed by atoms with van der Waals surface area (Å²) in [7, 11) is 1.48. The lowest BCUT2D eigenvalue weighted by atomic mass is 10.0. The first-order valence-corrected chi connectivity index (χ1v) is 8.96. The number of anilines is 1. The van der Waals surface area contributed by atoms with E-state index in [1.165, 1.54) is 19.2 Å². The number of benzene rings is 1. The molecule has 9 nitrogen and oxygen atoms in total. The van der Waals surface area contributed by atoms with Crippen LogP contribution in [-0.2, 0) is 0 Å². The molecular formula is C19H21N5O4. The number of nitro benzene ring substituents is 1. The zero-order valence-electron chi connectivity index (χ0n) is 15.4. The minimum Gasteiger partial charge on any atom is -0.382 e. The number of hydrogen-bond donors (Lipinski definition) is 2. The van der Waals surface area contributed by atoms with E-state index in [0.29, 0.717) is 37.2 Å². The number of amides is 2. The summed E-state index contributed by atoms with van der Waals surface area (Å²) in [5.74, 6) is -0.418. The molecule has 0 spiro atoms. The molecule has 0 atom stereocenters. The van der Waals surface area contributed by atoms with Crippen molar-refractivity contribution in [2.45, 2.75) is 18.9 Å². The van der Waals surface area contributed by atoms with Crippen LogP contribution in [0, 0.1) is 10.1 Å². The molecule has 2 aromatic rings. The first-order chi connectivity index (χ1) is 13.5. The second-order valence-electron chi connectivity index (χ2n) is 6.51. The molecule has 0 saturated carbocycles. The molecule has 1 fully saturated rings. The molecule has 2 amide bonds. The topological polar surface area (TPSA) is 117 Å². The Hall–Kier alpha value is -3.49. The molecule has 28 heavy (non-hydrogen) atoms. The second kappa shape index (κ2) is 8.47. The van der Waals surface area contributed by atoms with Gasteiger partial charge in [-0.25, -0.2) is 0 Å². The van der Waals surface area contributed by atoms with Crippen LogP contribution in [0.1, 0.15) is 33.6 Å². The average molecular weight is 383 g/mol. The molecule has 0 aliphatic carbocycles. The van der Waals surface area contributed by atoms with E-state index in [2.05, 4.69) is 15.6 Å². The molecule has 1 aliphatic rings. The number of rotatable bonds is 5. The van der Waals surface area contributed by atoms with Crippen LogP contribution in [0.2, 0.25) is 0 Å². The largest absolute Gasteiger partial charge is 0.382 e. The van der Waals surface area contributed by atoms with Crippen molar-refractivity contribution in [3.63, 3.8) is 0 Å². The molecule has 146 valence electrons. The van der Waals surface area contributed by atoms with Crippen LogP contribution >= 0.6 is 0 Å². The molecular weight excluding hydrogens is 362 g/mol. The number of nitrogens with zero attached hydrogens (tertiary/aromatic N) is 3. The maximum atomic E-state index is 12.5. The fraction of sp³-hybridized carbons (Fsp3) is 0.316. The molecule has 1 aromatic carbocycles. The van der Waals surface area contributed by atoms with Gasteiger partial charge < -0.3 is 15.5 Å². The number of hydrogen-bond acceptors (Lipinski definition) is 6. The van der Waals surface area contributed by atoms with E-state index in [0.717, 1.165) is 0 Å². The number of nitrogens with one attached hydrogen (secondary N) is 2. The van der Waals surface area contributed by atoms with Crippen LogP contribution in [0.5, 0.6) is 0 Å². The number of carbonyl (C=O) groups excluding carboxylic acids is 2. The minimum absolute atomic E-state index is 0.0257. The zero-order chi connectivity index (χ0) is 20.1. The summed E-state index contributed by atoms with van der Waals surface area (Å²) in [6.07, 6.45) is 4.61. The van der Waals surface area contributed by atoms with Crippen molar-refractivity contribution in [2.24, 2.45) is 0 Å². The maximum Gasteiger partial charge on any atom is 0.270 e. The van der Waals surface area contributed by atoms with E-state index in [4.69, 9.17) is 0 Å². The Bertz CT molecular complexity index is 879. The summed E-state index contributed by atoms with van der Waals surface area (Å²) in [6.45, 7) is 1.17. The summed E-state index contributed by atoms with van der Waals surface area (Å²) >= 11 is 0. The van der Waals surface area contributed by atoms with Gasteiger partial charge in [-0.2, -0.15) is 0 Å². The highest BCUT2D eigenvalue weighted by Crippen LogP contribution is 2.25. The van der Waals surface area contributed by atoms with Gasteiger partial charge in [-0.05, 0) is 31.0 Å². The molecule has 2 heterocycles. The number of non-ortho nitro benzene ring substituents is 1. The second-order valence-corrected chi connectivity index (χ2v) is 6.51. The number of carbonyl (C=O) groups is 2. The Morgan fingerprint density at radius 3 is 2.46 bits per heavy atom. The Morgan fingerprint density at radius 2 is 1.86 bits per heavy atom. The van der Waals surface area contributed by atoms with E-state index in [9.17, 15) is 19.7 Å². The van der Waals surface area contributed by atoms with Crippen molar-refractivity contribution >= 4 is 23.2 Å². The fourth-order valence-electron chi connectivity index (χ4n) is 3.22. The molecule has 3 rings (SSSR count). The number of pyridine rings is 1. The molecule has 0 radical (unpaired) electrons. The summed E-state index contributed by atoms with van der Waals surface area (Å²) in [5.41, 5.74) is 1.25. The first kappa shape index (κ1) is 19.3. The molecule has 9 heteroatoms. The third-order valence-corrected chi connectivity index (χ3v) is 4.75. The van der Waals surface area contributed by atoms with Gasteiger partial charge in [0.05, 0.1) is 10.5 Å². The smallest absolute Gasteiger partial charge is 0.270 e. The molecule has 1 aromatic heterocycles. The van der Waals surface area contributed by atoms with Gasteiger partial charge in [0, 0.05) is 62.0 Å². The van der Waals surface area contributed by atoms with Gasteiger partial charge in [-0.3, -0.25) is 24.7 Å². The lowest BCUT2D eigenvalue weighted by Gasteiger charge is -2.33. The Balaban J connectivity index is 1.67. The zero-order valence-corrected chi connectivity index (χ0v) is 15.4. The Kier molecular flexibility index (Phi) is 5.83. The van der Waals surface area contributed by atoms with Gasteiger partial charge >= 0.3 is 0 Å². The van der Waals surface area contributed by atoms with Crippen molar-refractivity contribution < 1.29 is 14.5 Å². The molecule has 0 unspecified atom stereocenters. The van der Waals surface area contributed by atoms with Crippen molar-refractivity contribution in [2.75, 3.05) is 25.5 Å². The lowest BCUT2D eigenvalue weighted by Crippen LogP contribution is -2.42. The van der Waals surface area contributed by atoms with Crippen LogP contribution < -0.4 is 10.6 Å². The highest BCUT2D eigenvalue weighted by Gasteiger charge is 2.25. The summed E-state index contributed by atoms with van der Waals surface area (Å²) in [5, 5.41) is 16.8. The van der Waals surface area contributed by atoms with E-state index in [1.807, 2.05) is 0 Å². The Morgan fingerprint density at radius 1 is 1.18 bits per heavy atom. The van der Waals surface area contributed by atoms with Crippen LogP contribution in [0.3, 0.4) is 0 Å². The van der Waals surface area contributed by atoms with Crippen molar-refractivity contribution in [3.05, 3.63) is 64.0 Å². The highest BCUT2D eigenvalue weighted by molar-refractivity contribution is 6.00. The maximum absolute atomic E-state index is 12.5. The van der Waals surface area contributed by atoms with Gasteiger partial charge in [0.25, 0.3) is 17.5 Å². The first-order valence-electron chi connectivity index (χ1n) is 8.96. The normalized spacial score (nSPS) is 14.4. The third-order valence-electron chi connectivity index (χ3n) is 4.75. The van der Waals surface area contributed by atoms with Gasteiger partial charge in [0.1, 0.15) is 0 Å². The number of aromatic nitrogens is 1. The van der Waals surface area contributed by atoms with E-state index in [-0.39, 0.29) is 23.2 Å². The molecule has 1 aliphatic heterocycles. The highest BCUT2D eigenvalue weighted by atomic mass is 16.6. The Labute approximate surface area is 161 Å². The number of likely N-dealkylation sites (tertiary alicyclic amines) is 1. The number of nitro groups is 1. The van der Waals surface area contributed by atoms with Gasteiger partial charge in [-0.1, -0.05) is 0 Å². The van der Waals surface area contributed by atoms with Crippen molar-refractivity contribution in [1.29, 1.82) is 0 Å². The molecule has 0 bridgehead atoms.